The van der Waals surface area contributed by atoms with Crippen molar-refractivity contribution in [2.75, 3.05) is 29.8 Å². The van der Waals surface area contributed by atoms with Gasteiger partial charge in [-0.3, -0.25) is 13.9 Å². The number of nitrogens with zero attached hydrogens (tertiary/aromatic N) is 2. The van der Waals surface area contributed by atoms with Crippen molar-refractivity contribution >= 4 is 43.5 Å². The van der Waals surface area contributed by atoms with E-state index >= 15 is 0 Å². The third kappa shape index (κ3) is 8.04. The molecule has 0 radical (unpaired) electrons. The third-order valence-electron chi connectivity index (χ3n) is 6.76. The molecule has 4 rings (SSSR count). The summed E-state index contributed by atoms with van der Waals surface area (Å²) in [4.78, 5) is 29.4. The molecule has 11 heteroatoms. The lowest BCUT2D eigenvalue weighted by Crippen LogP contribution is -2.54. The first kappa shape index (κ1) is 31.4. The highest BCUT2D eigenvalue weighted by Crippen LogP contribution is 2.35. The van der Waals surface area contributed by atoms with Crippen molar-refractivity contribution in [3.05, 3.63) is 88.4 Å². The number of carbonyl (C=O) groups is 2. The van der Waals surface area contributed by atoms with Crippen LogP contribution in [-0.4, -0.2) is 62.7 Å². The van der Waals surface area contributed by atoms with Crippen LogP contribution in [0.3, 0.4) is 0 Å². The van der Waals surface area contributed by atoms with Crippen LogP contribution in [0.2, 0.25) is 0 Å². The molecule has 9 nitrogen and oxygen atoms in total. The molecule has 1 heterocycles. The summed E-state index contributed by atoms with van der Waals surface area (Å²) in [5.41, 5.74) is 1.95. The minimum atomic E-state index is -3.89. The van der Waals surface area contributed by atoms with Gasteiger partial charge in [0.1, 0.15) is 25.8 Å². The largest absolute Gasteiger partial charge is 0.486 e. The summed E-state index contributed by atoms with van der Waals surface area (Å²) in [7, 11) is -3.89. The number of anilines is 1. The van der Waals surface area contributed by atoms with Crippen LogP contribution >= 0.6 is 15.9 Å². The number of nitrogens with one attached hydrogen (secondary N) is 1. The van der Waals surface area contributed by atoms with E-state index < -0.39 is 28.5 Å². The van der Waals surface area contributed by atoms with Gasteiger partial charge in [0.05, 0.1) is 11.4 Å². The van der Waals surface area contributed by atoms with Gasteiger partial charge in [-0.1, -0.05) is 58.4 Å². The number of hydrogen-bond acceptors (Lipinski definition) is 6. The summed E-state index contributed by atoms with van der Waals surface area (Å²) in [5, 5.41) is 2.95. The molecule has 1 N–H and O–H groups in total. The van der Waals surface area contributed by atoms with Gasteiger partial charge in [-0.05, 0) is 56.2 Å². The molecule has 0 unspecified atom stereocenters. The van der Waals surface area contributed by atoms with E-state index in [1.54, 1.807) is 18.2 Å². The highest BCUT2D eigenvalue weighted by molar-refractivity contribution is 9.10. The molecule has 0 aliphatic carbocycles. The van der Waals surface area contributed by atoms with Crippen molar-refractivity contribution in [1.29, 1.82) is 0 Å². The maximum atomic E-state index is 14.2. The van der Waals surface area contributed by atoms with Crippen molar-refractivity contribution in [3.8, 4) is 11.5 Å². The van der Waals surface area contributed by atoms with Gasteiger partial charge in [0, 0.05) is 29.5 Å². The first-order valence-corrected chi connectivity index (χ1v) is 16.3. The lowest BCUT2D eigenvalue weighted by atomic mass is 10.0. The Morgan fingerprint density at radius 3 is 2.24 bits per heavy atom. The number of amides is 2. The molecular weight excluding hydrogens is 622 g/mol. The number of benzene rings is 3. The molecule has 1 atom stereocenters. The Labute approximate surface area is 256 Å². The smallest absolute Gasteiger partial charge is 0.244 e. The van der Waals surface area contributed by atoms with Crippen LogP contribution in [0.1, 0.15) is 31.9 Å². The molecule has 42 heavy (non-hydrogen) atoms. The van der Waals surface area contributed by atoms with E-state index in [1.807, 2.05) is 68.4 Å². The summed E-state index contributed by atoms with van der Waals surface area (Å²) in [6, 6.07) is 20.7. The van der Waals surface area contributed by atoms with Gasteiger partial charge in [0.15, 0.2) is 11.5 Å². The van der Waals surface area contributed by atoms with E-state index in [9.17, 15) is 18.0 Å². The van der Waals surface area contributed by atoms with E-state index in [-0.39, 0.29) is 36.4 Å². The van der Waals surface area contributed by atoms with Gasteiger partial charge in [-0.25, -0.2) is 8.42 Å². The molecular formula is C31H36BrN3O6S. The summed E-state index contributed by atoms with van der Waals surface area (Å²) >= 11 is 3.44. The lowest BCUT2D eigenvalue weighted by Gasteiger charge is -2.34. The summed E-state index contributed by atoms with van der Waals surface area (Å²) in [6.07, 6.45) is 0.256. The van der Waals surface area contributed by atoms with E-state index in [2.05, 4.69) is 21.2 Å². The molecule has 224 valence electrons. The van der Waals surface area contributed by atoms with Crippen molar-refractivity contribution < 1.29 is 27.5 Å². The Morgan fingerprint density at radius 1 is 0.929 bits per heavy atom. The molecule has 3 aromatic rings. The van der Waals surface area contributed by atoms with Crippen LogP contribution in [0.25, 0.3) is 0 Å². The molecule has 0 fully saturated rings. The maximum Gasteiger partial charge on any atom is 0.244 e. The van der Waals surface area contributed by atoms with Crippen molar-refractivity contribution in [2.24, 2.45) is 0 Å². The molecule has 0 saturated carbocycles. The van der Waals surface area contributed by atoms with Crippen LogP contribution in [-0.2, 0) is 32.6 Å². The Balaban J connectivity index is 1.74. The zero-order valence-electron chi connectivity index (χ0n) is 24.0. The molecule has 0 saturated heterocycles. The zero-order valence-corrected chi connectivity index (χ0v) is 26.4. The highest BCUT2D eigenvalue weighted by Gasteiger charge is 2.34. The second-order valence-corrected chi connectivity index (χ2v) is 13.3. The summed E-state index contributed by atoms with van der Waals surface area (Å²) in [5.74, 6) is -0.126. The highest BCUT2D eigenvalue weighted by atomic mass is 79.9. The Bertz CT molecular complexity index is 1480. The van der Waals surface area contributed by atoms with Crippen LogP contribution < -0.4 is 19.1 Å². The minimum absolute atomic E-state index is 0.107. The fourth-order valence-electron chi connectivity index (χ4n) is 4.63. The van der Waals surface area contributed by atoms with Crippen LogP contribution in [0.5, 0.6) is 11.5 Å². The second-order valence-electron chi connectivity index (χ2n) is 10.3. The molecule has 2 amide bonds. The average molecular weight is 659 g/mol. The second kappa shape index (κ2) is 14.1. The van der Waals surface area contributed by atoms with Gasteiger partial charge in [0.25, 0.3) is 0 Å². The van der Waals surface area contributed by atoms with E-state index in [1.165, 1.54) is 11.8 Å². The Kier molecular flexibility index (Phi) is 10.5. The summed E-state index contributed by atoms with van der Waals surface area (Å²) < 4.78 is 40.0. The predicted octanol–water partition coefficient (Wildman–Crippen LogP) is 4.54. The van der Waals surface area contributed by atoms with E-state index in [4.69, 9.17) is 9.47 Å². The normalized spacial score (nSPS) is 13.4. The van der Waals surface area contributed by atoms with Crippen LogP contribution in [0.4, 0.5) is 5.69 Å². The number of carbonyl (C=O) groups excluding carboxylic acids is 2. The molecule has 0 aromatic heterocycles. The molecule has 0 spiro atoms. The van der Waals surface area contributed by atoms with Crippen molar-refractivity contribution in [2.45, 2.75) is 45.8 Å². The number of hydrogen-bond donors (Lipinski definition) is 1. The first-order valence-electron chi connectivity index (χ1n) is 13.9. The molecule has 0 bridgehead atoms. The minimum Gasteiger partial charge on any atom is -0.486 e. The zero-order chi connectivity index (χ0) is 30.3. The maximum absolute atomic E-state index is 14.2. The predicted molar refractivity (Wildman–Crippen MR) is 166 cm³/mol. The third-order valence-corrected chi connectivity index (χ3v) is 9.03. The van der Waals surface area contributed by atoms with Gasteiger partial charge in [-0.2, -0.15) is 0 Å². The number of rotatable bonds is 12. The first-order chi connectivity index (χ1) is 20.1. The van der Waals surface area contributed by atoms with Crippen LogP contribution in [0, 0.1) is 0 Å². The van der Waals surface area contributed by atoms with Crippen LogP contribution in [0.15, 0.2) is 77.3 Å². The Hall–Kier alpha value is -3.57. The SMILES string of the molecule is CCS(=O)(=O)N(CC(=O)N(Cc1ccc(Br)cc1)[C@@H](Cc1ccccc1)C(=O)NC(C)C)c1ccc2c(c1)OCCO2. The molecule has 1 aliphatic rings. The van der Waals surface area contributed by atoms with Crippen molar-refractivity contribution in [3.63, 3.8) is 0 Å². The fourth-order valence-corrected chi connectivity index (χ4v) is 5.95. The monoisotopic (exact) mass is 657 g/mol. The van der Waals surface area contributed by atoms with Crippen molar-refractivity contribution in [1.82, 2.24) is 10.2 Å². The molecule has 3 aromatic carbocycles. The standard InChI is InChI=1S/C31H36BrN3O6S/c1-4-42(38,39)35(26-14-15-28-29(19-26)41-17-16-40-28)21-30(36)34(20-24-10-12-25(32)13-11-24)27(31(37)33-22(2)3)18-23-8-6-5-7-9-23/h5-15,19,22,27H,4,16-18,20-21H2,1-3H3,(H,33,37)/t27-/m0/s1. The van der Waals surface area contributed by atoms with Gasteiger partial charge >= 0.3 is 0 Å². The number of fused-ring (bicyclic) bond motifs is 1. The number of ether oxygens (including phenoxy) is 2. The topological polar surface area (TPSA) is 105 Å². The fraction of sp³-hybridized carbons (Fsp3) is 0.355. The van der Waals surface area contributed by atoms with Gasteiger partial charge in [-0.15, -0.1) is 0 Å². The average Bonchev–Trinajstić information content (AvgIpc) is 2.98. The van der Waals surface area contributed by atoms with Gasteiger partial charge in [0.2, 0.25) is 21.8 Å². The summed E-state index contributed by atoms with van der Waals surface area (Å²) in [6.45, 7) is 5.59. The quantitative estimate of drug-likeness (QED) is 0.307. The lowest BCUT2D eigenvalue weighted by molar-refractivity contribution is -0.140. The van der Waals surface area contributed by atoms with Gasteiger partial charge < -0.3 is 19.7 Å². The van der Waals surface area contributed by atoms with E-state index in [0.717, 1.165) is 19.9 Å². The molecule has 1 aliphatic heterocycles. The Morgan fingerprint density at radius 2 is 1.60 bits per heavy atom. The van der Waals surface area contributed by atoms with E-state index in [0.29, 0.717) is 24.7 Å². The number of sulfonamides is 1. The number of halogens is 1.